The van der Waals surface area contributed by atoms with Gasteiger partial charge in [0, 0.05) is 51.3 Å². The van der Waals surface area contributed by atoms with Crippen molar-refractivity contribution in [3.05, 3.63) is 78.5 Å². The van der Waals surface area contributed by atoms with Gasteiger partial charge in [-0.25, -0.2) is 9.98 Å². The van der Waals surface area contributed by atoms with Crippen molar-refractivity contribution in [1.82, 2.24) is 30.0 Å². The second kappa shape index (κ2) is 10.5. The highest BCUT2D eigenvalue weighted by molar-refractivity contribution is 5.84. The van der Waals surface area contributed by atoms with Crippen molar-refractivity contribution in [1.29, 1.82) is 0 Å². The summed E-state index contributed by atoms with van der Waals surface area (Å²) in [5, 5.41) is 6.36. The molecule has 3 aromatic rings. The van der Waals surface area contributed by atoms with Gasteiger partial charge >= 0.3 is 0 Å². The lowest BCUT2D eigenvalue weighted by Crippen LogP contribution is -2.63. The van der Waals surface area contributed by atoms with Crippen LogP contribution in [0.4, 0.5) is 0 Å². The highest BCUT2D eigenvalue weighted by Gasteiger charge is 2.40. The normalized spacial score (nSPS) is 23.2. The molecule has 212 valence electrons. The molecule has 2 N–H and O–H groups in total. The van der Waals surface area contributed by atoms with Crippen LogP contribution in [0, 0.1) is 0 Å². The van der Waals surface area contributed by atoms with Crippen molar-refractivity contribution < 1.29 is 23.7 Å². The first-order valence-corrected chi connectivity index (χ1v) is 13.6. The van der Waals surface area contributed by atoms with E-state index in [1.54, 1.807) is 12.5 Å². The summed E-state index contributed by atoms with van der Waals surface area (Å²) in [5.41, 5.74) is 1.37. The van der Waals surface area contributed by atoms with Crippen molar-refractivity contribution in [2.45, 2.75) is 31.7 Å². The van der Waals surface area contributed by atoms with E-state index in [4.69, 9.17) is 23.9 Å². The van der Waals surface area contributed by atoms with Crippen LogP contribution in [0.1, 0.15) is 18.1 Å². The van der Waals surface area contributed by atoms with Crippen molar-refractivity contribution in [3.8, 4) is 23.0 Å². The Labute approximate surface area is 237 Å². The number of imidazole rings is 1. The number of amides is 1. The molecule has 41 heavy (non-hydrogen) atoms. The molecular formula is C29H31N7O5. The first-order valence-electron chi connectivity index (χ1n) is 13.6. The highest BCUT2D eigenvalue weighted by atomic mass is 16.7. The molecule has 0 spiro atoms. The molecule has 4 aliphatic rings. The third-order valence-corrected chi connectivity index (χ3v) is 7.85. The lowest BCUT2D eigenvalue weighted by Gasteiger charge is -2.46. The molecule has 12 heteroatoms. The zero-order valence-corrected chi connectivity index (χ0v) is 22.7. The molecule has 0 bridgehead atoms. The van der Waals surface area contributed by atoms with E-state index in [0.717, 1.165) is 34.9 Å². The fourth-order valence-electron chi connectivity index (χ4n) is 5.55. The summed E-state index contributed by atoms with van der Waals surface area (Å²) in [6.07, 6.45) is 9.20. The Hall–Kier alpha value is -4.55. The number of nitrogens with zero attached hydrogens (tertiary/aromatic N) is 5. The van der Waals surface area contributed by atoms with Gasteiger partial charge in [-0.05, 0) is 48.4 Å². The van der Waals surface area contributed by atoms with Crippen LogP contribution in [-0.2, 0) is 17.9 Å². The molecule has 4 aliphatic heterocycles. The maximum absolute atomic E-state index is 13.8. The van der Waals surface area contributed by atoms with E-state index in [-0.39, 0.29) is 19.5 Å². The number of fused-ring (bicyclic) bond motifs is 2. The number of carbonyl (C=O) groups is 1. The van der Waals surface area contributed by atoms with E-state index in [1.165, 1.54) is 0 Å². The van der Waals surface area contributed by atoms with E-state index in [9.17, 15) is 4.79 Å². The van der Waals surface area contributed by atoms with Gasteiger partial charge in [0.15, 0.2) is 23.0 Å². The summed E-state index contributed by atoms with van der Waals surface area (Å²) < 4.78 is 23.8. The van der Waals surface area contributed by atoms with Crippen molar-refractivity contribution >= 4 is 11.9 Å². The summed E-state index contributed by atoms with van der Waals surface area (Å²) in [5.74, 6) is 3.53. The quantitative estimate of drug-likeness (QED) is 0.469. The van der Waals surface area contributed by atoms with Crippen LogP contribution in [-0.4, -0.2) is 76.1 Å². The molecule has 0 aliphatic carbocycles. The Kier molecular flexibility index (Phi) is 6.48. The van der Waals surface area contributed by atoms with Crippen molar-refractivity contribution in [3.63, 3.8) is 0 Å². The second-order valence-electron chi connectivity index (χ2n) is 10.5. The number of piperazine rings is 1. The molecule has 12 nitrogen and oxygen atoms in total. The number of benzene rings is 2. The zero-order chi connectivity index (χ0) is 27.8. The molecule has 1 fully saturated rings. The fraction of sp³-hybridized carbons (Fsp3) is 0.345. The summed E-state index contributed by atoms with van der Waals surface area (Å²) in [6.45, 7) is 5.41. The van der Waals surface area contributed by atoms with Crippen LogP contribution in [0.5, 0.6) is 23.0 Å². The number of ether oxygens (including phenoxy) is 4. The van der Waals surface area contributed by atoms with Crippen LogP contribution >= 0.6 is 0 Å². The number of aromatic nitrogens is 2. The minimum atomic E-state index is -0.633. The average molecular weight is 558 g/mol. The van der Waals surface area contributed by atoms with Crippen LogP contribution in [0.2, 0.25) is 0 Å². The molecule has 2 unspecified atom stereocenters. The molecule has 1 saturated heterocycles. The third-order valence-electron chi connectivity index (χ3n) is 7.85. The van der Waals surface area contributed by atoms with Crippen LogP contribution < -0.4 is 29.6 Å². The zero-order valence-electron chi connectivity index (χ0n) is 22.7. The first-order chi connectivity index (χ1) is 20.0. The molecule has 0 radical (unpaired) electrons. The molecule has 0 saturated carbocycles. The number of hydrogen-bond acceptors (Lipinski definition) is 10. The largest absolute Gasteiger partial charge is 0.454 e. The van der Waals surface area contributed by atoms with Crippen LogP contribution in [0.25, 0.3) is 0 Å². The van der Waals surface area contributed by atoms with Gasteiger partial charge in [0.2, 0.25) is 25.5 Å². The van der Waals surface area contributed by atoms with Gasteiger partial charge in [-0.1, -0.05) is 12.1 Å². The summed E-state index contributed by atoms with van der Waals surface area (Å²) in [4.78, 5) is 27.4. The second-order valence-corrected chi connectivity index (χ2v) is 10.5. The molecule has 2 aromatic carbocycles. The standard InChI is InChI=1S/C29H31N7O5/c1-29(6-7-31-28(33-29)35-9-8-30-17-35)36-11-10-34(15-21-3-5-24-26(13-21)41-19-39-24)22(16-36)27(37)32-14-20-2-4-23-25(12-20)40-18-38-23/h2-9,12-13,17,22H,10-11,14-16,18-19H2,1H3,(H,31,33)(H,32,37). The third kappa shape index (κ3) is 5.07. The van der Waals surface area contributed by atoms with E-state index < -0.39 is 11.7 Å². The minimum absolute atomic E-state index is 0.0477. The van der Waals surface area contributed by atoms with Gasteiger partial charge in [-0.15, -0.1) is 0 Å². The lowest BCUT2D eigenvalue weighted by molar-refractivity contribution is -0.130. The SMILES string of the molecule is CC1(N2CCN(Cc3ccc4c(c3)OCO4)C(C(=O)NCc3ccc4c(c3)OCO4)C2)C=CNC(n2ccnc2)=N1. The molecule has 2 atom stereocenters. The van der Waals surface area contributed by atoms with Gasteiger partial charge in [0.1, 0.15) is 18.0 Å². The van der Waals surface area contributed by atoms with Gasteiger partial charge in [0.25, 0.3) is 0 Å². The van der Waals surface area contributed by atoms with Crippen LogP contribution in [0.3, 0.4) is 0 Å². The van der Waals surface area contributed by atoms with Gasteiger partial charge in [-0.2, -0.15) is 0 Å². The Morgan fingerprint density at radius 1 is 1.02 bits per heavy atom. The average Bonchev–Trinajstić information content (AvgIpc) is 3.78. The molecular weight excluding hydrogens is 526 g/mol. The highest BCUT2D eigenvalue weighted by Crippen LogP contribution is 2.34. The number of hydrogen-bond donors (Lipinski definition) is 2. The van der Waals surface area contributed by atoms with E-state index in [2.05, 4.69) is 32.3 Å². The van der Waals surface area contributed by atoms with Crippen molar-refractivity contribution in [2.75, 3.05) is 33.2 Å². The number of carbonyl (C=O) groups excluding carboxylic acids is 1. The van der Waals surface area contributed by atoms with Gasteiger partial charge in [-0.3, -0.25) is 19.2 Å². The molecule has 1 aromatic heterocycles. The number of nitrogens with one attached hydrogen (secondary N) is 2. The predicted octanol–water partition coefficient (Wildman–Crippen LogP) is 1.88. The Balaban J connectivity index is 1.11. The Bertz CT molecular complexity index is 1510. The van der Waals surface area contributed by atoms with Gasteiger partial charge < -0.3 is 29.6 Å². The monoisotopic (exact) mass is 557 g/mol. The lowest BCUT2D eigenvalue weighted by atomic mass is 10.0. The summed E-state index contributed by atoms with van der Waals surface area (Å²) >= 11 is 0. The summed E-state index contributed by atoms with van der Waals surface area (Å²) in [6, 6.07) is 11.3. The van der Waals surface area contributed by atoms with E-state index in [1.807, 2.05) is 59.4 Å². The van der Waals surface area contributed by atoms with Crippen LogP contribution in [0.15, 0.2) is 72.4 Å². The van der Waals surface area contributed by atoms with E-state index >= 15 is 0 Å². The fourth-order valence-corrected chi connectivity index (χ4v) is 5.55. The molecule has 1 amide bonds. The Morgan fingerprint density at radius 2 is 1.76 bits per heavy atom. The number of rotatable bonds is 6. The molecule has 5 heterocycles. The maximum atomic E-state index is 13.8. The molecule has 7 rings (SSSR count). The smallest absolute Gasteiger partial charge is 0.238 e. The topological polar surface area (TPSA) is 115 Å². The van der Waals surface area contributed by atoms with E-state index in [0.29, 0.717) is 37.9 Å². The Morgan fingerprint density at radius 3 is 2.51 bits per heavy atom. The van der Waals surface area contributed by atoms with Crippen molar-refractivity contribution in [2.24, 2.45) is 4.99 Å². The minimum Gasteiger partial charge on any atom is -0.454 e. The number of aliphatic imine (C=N–C) groups is 1. The summed E-state index contributed by atoms with van der Waals surface area (Å²) in [7, 11) is 0. The predicted molar refractivity (Wildman–Crippen MR) is 148 cm³/mol. The maximum Gasteiger partial charge on any atom is 0.238 e. The first kappa shape index (κ1) is 25.4. The van der Waals surface area contributed by atoms with Gasteiger partial charge in [0.05, 0.1) is 0 Å².